The summed E-state index contributed by atoms with van der Waals surface area (Å²) in [5.41, 5.74) is 8.24. The van der Waals surface area contributed by atoms with Crippen LogP contribution in [-0.2, 0) is 22.7 Å². The van der Waals surface area contributed by atoms with Gasteiger partial charge in [0.05, 0.1) is 6.33 Å². The van der Waals surface area contributed by atoms with Crippen LogP contribution in [0.25, 0.3) is 22.1 Å². The summed E-state index contributed by atoms with van der Waals surface area (Å²) in [6.07, 6.45) is 1.29. The van der Waals surface area contributed by atoms with Gasteiger partial charge in [0.25, 0.3) is 5.56 Å². The number of nitrogens with two attached hydrogens (primary N) is 1. The lowest BCUT2D eigenvalue weighted by molar-refractivity contribution is -0.146. The number of nitrogens with one attached hydrogen (secondary N) is 1. The van der Waals surface area contributed by atoms with E-state index in [4.69, 9.17) is 14.9 Å². The first-order valence-corrected chi connectivity index (χ1v) is 10.3. The first kappa shape index (κ1) is 21.1. The summed E-state index contributed by atoms with van der Waals surface area (Å²) in [7, 11) is 0. The van der Waals surface area contributed by atoms with Crippen LogP contribution in [0.5, 0.6) is 0 Å². The third-order valence-electron chi connectivity index (χ3n) is 5.02. The molecule has 34 heavy (non-hydrogen) atoms. The highest BCUT2D eigenvalue weighted by molar-refractivity contribution is 6.01. The maximum Gasteiger partial charge on any atom is 0.326 e. The van der Waals surface area contributed by atoms with Gasteiger partial charge in [-0.05, 0) is 31.2 Å². The molecule has 2 aromatic carbocycles. The van der Waals surface area contributed by atoms with Crippen molar-refractivity contribution in [2.75, 3.05) is 11.1 Å². The smallest absolute Gasteiger partial charge is 0.326 e. The molecule has 5 rings (SSSR count). The zero-order valence-electron chi connectivity index (χ0n) is 18.1. The molecule has 170 valence electrons. The number of ether oxygens (including phenoxy) is 1. The van der Waals surface area contributed by atoms with Crippen LogP contribution in [0.4, 0.5) is 17.6 Å². The van der Waals surface area contributed by atoms with Crippen molar-refractivity contribution < 1.29 is 13.9 Å². The van der Waals surface area contributed by atoms with E-state index in [2.05, 4.69) is 25.3 Å². The molecule has 0 spiro atoms. The number of esters is 1. The predicted octanol–water partition coefficient (Wildman–Crippen LogP) is 2.71. The van der Waals surface area contributed by atoms with Crippen molar-refractivity contribution in [1.82, 2.24) is 24.5 Å². The summed E-state index contributed by atoms with van der Waals surface area (Å²) in [5, 5.41) is 3.76. The third-order valence-corrected chi connectivity index (χ3v) is 5.02. The molecule has 0 saturated heterocycles. The second-order valence-corrected chi connectivity index (χ2v) is 7.54. The maximum absolute atomic E-state index is 12.8. The molecule has 11 nitrogen and oxygen atoms in total. The minimum atomic E-state index is -0.675. The lowest BCUT2D eigenvalue weighted by Gasteiger charge is -2.09. The fourth-order valence-electron chi connectivity index (χ4n) is 3.38. The first-order chi connectivity index (χ1) is 16.5. The second kappa shape index (κ2) is 8.62. The van der Waals surface area contributed by atoms with Gasteiger partial charge in [-0.3, -0.25) is 14.2 Å². The molecule has 0 fully saturated rings. The van der Waals surface area contributed by atoms with Crippen LogP contribution in [-0.4, -0.2) is 30.5 Å². The van der Waals surface area contributed by atoms with Crippen molar-refractivity contribution in [2.45, 2.75) is 20.1 Å². The van der Waals surface area contributed by atoms with E-state index in [9.17, 15) is 9.59 Å². The van der Waals surface area contributed by atoms with Gasteiger partial charge in [-0.1, -0.05) is 29.8 Å². The number of hydrogen-bond donors (Lipinski definition) is 2. The lowest BCUT2D eigenvalue weighted by atomic mass is 10.2. The van der Waals surface area contributed by atoms with Gasteiger partial charge < -0.3 is 20.2 Å². The molecule has 3 N–H and O–H groups in total. The molecule has 0 amide bonds. The van der Waals surface area contributed by atoms with Crippen LogP contribution < -0.4 is 16.6 Å². The van der Waals surface area contributed by atoms with Crippen molar-refractivity contribution >= 4 is 45.6 Å². The van der Waals surface area contributed by atoms with Crippen LogP contribution >= 0.6 is 0 Å². The van der Waals surface area contributed by atoms with Gasteiger partial charge in [-0.15, -0.1) is 0 Å². The van der Waals surface area contributed by atoms with Gasteiger partial charge >= 0.3 is 5.97 Å². The van der Waals surface area contributed by atoms with Gasteiger partial charge in [0.15, 0.2) is 12.4 Å². The quantitative estimate of drug-likeness (QED) is 0.364. The molecule has 0 aliphatic heterocycles. The monoisotopic (exact) mass is 457 g/mol. The van der Waals surface area contributed by atoms with E-state index in [0.29, 0.717) is 11.1 Å². The summed E-state index contributed by atoms with van der Waals surface area (Å²) in [5.74, 6) is -0.315. The van der Waals surface area contributed by atoms with E-state index in [1.165, 1.54) is 6.33 Å². The van der Waals surface area contributed by atoms with Crippen LogP contribution in [0.3, 0.4) is 0 Å². The molecule has 0 bridgehead atoms. The van der Waals surface area contributed by atoms with E-state index >= 15 is 0 Å². The Morgan fingerprint density at radius 2 is 1.91 bits per heavy atom. The summed E-state index contributed by atoms with van der Waals surface area (Å²) in [4.78, 5) is 41.7. The number of fused-ring (bicyclic) bond motifs is 3. The molecule has 5 aromatic rings. The molecular formula is C23H19N7O4. The number of aryl methyl sites for hydroxylation is 1. The van der Waals surface area contributed by atoms with E-state index < -0.39 is 11.5 Å². The van der Waals surface area contributed by atoms with Crippen LogP contribution in [0.2, 0.25) is 0 Å². The molecule has 0 saturated carbocycles. The lowest BCUT2D eigenvalue weighted by Crippen LogP contribution is -2.25. The van der Waals surface area contributed by atoms with E-state index in [0.717, 1.165) is 21.2 Å². The highest BCUT2D eigenvalue weighted by Crippen LogP contribution is 2.24. The molecule has 3 heterocycles. The fraction of sp³-hybridized carbons (Fsp3) is 0.130. The Bertz CT molecular complexity index is 1570. The molecule has 0 radical (unpaired) electrons. The summed E-state index contributed by atoms with van der Waals surface area (Å²) in [6, 6.07) is 14.8. The number of carbonyl (C=O) groups excluding carboxylic acids is 1. The Kier molecular flexibility index (Phi) is 5.34. The molecule has 3 aromatic heterocycles. The van der Waals surface area contributed by atoms with Gasteiger partial charge in [0, 0.05) is 11.1 Å². The average Bonchev–Trinajstić information content (AvgIpc) is 3.20. The Balaban J connectivity index is 1.28. The third kappa shape index (κ3) is 4.26. The Morgan fingerprint density at radius 3 is 2.74 bits per heavy atom. The number of rotatable bonds is 6. The standard InChI is InChI=1S/C23H19N7O4/c1-13-6-8-14(9-7-13)26-23-28-17(27-22(24)29-23)11-33-18(31)10-30-12-25-19-15-4-2-3-5-16(15)34-20(19)21(30)32/h2-9,12H,10-11H2,1H3,(H3,24,26,27,28,29). The largest absolute Gasteiger partial charge is 0.456 e. The van der Waals surface area contributed by atoms with E-state index in [1.54, 1.807) is 12.1 Å². The normalized spacial score (nSPS) is 11.1. The van der Waals surface area contributed by atoms with Crippen molar-refractivity contribution in [1.29, 1.82) is 0 Å². The number of benzene rings is 2. The SMILES string of the molecule is Cc1ccc(Nc2nc(N)nc(COC(=O)Cn3cnc4c(oc5ccccc54)c3=O)n2)cc1. The zero-order chi connectivity index (χ0) is 23.7. The number of carbonyl (C=O) groups is 1. The van der Waals surface area contributed by atoms with Crippen molar-refractivity contribution in [3.63, 3.8) is 0 Å². The molecule has 0 atom stereocenters. The zero-order valence-corrected chi connectivity index (χ0v) is 18.1. The van der Waals surface area contributed by atoms with Gasteiger partial charge in [0.2, 0.25) is 17.5 Å². The summed E-state index contributed by atoms with van der Waals surface area (Å²) < 4.78 is 12.0. The second-order valence-electron chi connectivity index (χ2n) is 7.54. The number of nitrogen functional groups attached to an aromatic ring is 1. The highest BCUT2D eigenvalue weighted by atomic mass is 16.5. The minimum absolute atomic E-state index is 0.0218. The molecule has 0 aliphatic carbocycles. The first-order valence-electron chi connectivity index (χ1n) is 10.3. The topological polar surface area (TPSA) is 151 Å². The van der Waals surface area contributed by atoms with E-state index in [1.807, 2.05) is 43.3 Å². The van der Waals surface area contributed by atoms with Crippen LogP contribution in [0, 0.1) is 6.92 Å². The Hall–Kier alpha value is -4.80. The number of hydrogen-bond acceptors (Lipinski definition) is 10. The molecule has 11 heteroatoms. The predicted molar refractivity (Wildman–Crippen MR) is 124 cm³/mol. The van der Waals surface area contributed by atoms with E-state index in [-0.39, 0.29) is 36.5 Å². The summed E-state index contributed by atoms with van der Waals surface area (Å²) >= 11 is 0. The number of para-hydroxylation sites is 1. The van der Waals surface area contributed by atoms with Crippen LogP contribution in [0.1, 0.15) is 11.4 Å². The van der Waals surface area contributed by atoms with Crippen LogP contribution in [0.15, 0.2) is 64.1 Å². The van der Waals surface area contributed by atoms with Crippen molar-refractivity contribution in [3.8, 4) is 0 Å². The van der Waals surface area contributed by atoms with Gasteiger partial charge in [0.1, 0.15) is 17.6 Å². The Morgan fingerprint density at radius 1 is 1.12 bits per heavy atom. The number of aromatic nitrogens is 5. The number of anilines is 3. The van der Waals surface area contributed by atoms with Crippen molar-refractivity contribution in [3.05, 3.63) is 76.6 Å². The molecular weight excluding hydrogens is 438 g/mol. The number of furan rings is 1. The van der Waals surface area contributed by atoms with Gasteiger partial charge in [-0.2, -0.15) is 15.0 Å². The molecule has 0 unspecified atom stereocenters. The minimum Gasteiger partial charge on any atom is -0.456 e. The maximum atomic E-state index is 12.8. The van der Waals surface area contributed by atoms with Crippen molar-refractivity contribution in [2.24, 2.45) is 0 Å². The van der Waals surface area contributed by atoms with Gasteiger partial charge in [-0.25, -0.2) is 4.98 Å². The highest BCUT2D eigenvalue weighted by Gasteiger charge is 2.15. The molecule has 0 aliphatic rings. The fourth-order valence-corrected chi connectivity index (χ4v) is 3.38. The average molecular weight is 457 g/mol. The summed E-state index contributed by atoms with van der Waals surface area (Å²) in [6.45, 7) is 1.38. The Labute approximate surface area is 192 Å². The number of nitrogens with zero attached hydrogens (tertiary/aromatic N) is 5.